The smallest absolute Gasteiger partial charge is 0.129 e. The van der Waals surface area contributed by atoms with Gasteiger partial charge >= 0.3 is 0 Å². The lowest BCUT2D eigenvalue weighted by Gasteiger charge is -2.04. The van der Waals surface area contributed by atoms with Crippen LogP contribution in [0.2, 0.25) is 19.6 Å². The van der Waals surface area contributed by atoms with Crippen molar-refractivity contribution in [1.29, 1.82) is 0 Å². The van der Waals surface area contributed by atoms with Gasteiger partial charge in [0, 0.05) is 42.3 Å². The summed E-state index contributed by atoms with van der Waals surface area (Å²) in [6.45, 7) is 6.76. The summed E-state index contributed by atoms with van der Waals surface area (Å²) in [6, 6.07) is 12.4. The molecule has 4 heteroatoms. The highest BCUT2D eigenvalue weighted by atomic mass is 28.3. The molecule has 0 aliphatic heterocycles. The van der Waals surface area contributed by atoms with Crippen molar-refractivity contribution >= 4 is 8.07 Å². The maximum atomic E-state index is 4.64. The molecular weight excluding hydrogens is 310 g/mol. The van der Waals surface area contributed by atoms with E-state index in [9.17, 15) is 0 Å². The zero-order chi connectivity index (χ0) is 17.2. The third-order valence-corrected chi connectivity index (χ3v) is 4.44. The molecule has 0 saturated carbocycles. The Bertz CT molecular complexity index is 892. The van der Waals surface area contributed by atoms with E-state index in [1.807, 2.05) is 30.1 Å². The van der Waals surface area contributed by atoms with E-state index in [1.54, 1.807) is 12.4 Å². The van der Waals surface area contributed by atoms with Crippen LogP contribution in [0, 0.1) is 11.5 Å². The van der Waals surface area contributed by atoms with Crippen LogP contribution in [-0.4, -0.2) is 22.8 Å². The van der Waals surface area contributed by atoms with E-state index in [4.69, 9.17) is 0 Å². The minimum absolute atomic E-state index is 0.980. The Hall–Kier alpha value is -2.64. The number of hydrogen-bond acceptors (Lipinski definition) is 2. The van der Waals surface area contributed by atoms with Gasteiger partial charge in [0.2, 0.25) is 0 Å². The maximum Gasteiger partial charge on any atom is 0.129 e. The summed E-state index contributed by atoms with van der Waals surface area (Å²) in [4.78, 5) is 4.09. The second-order valence-electron chi connectivity index (χ2n) is 6.88. The van der Waals surface area contributed by atoms with E-state index >= 15 is 0 Å². The number of rotatable bonds is 2. The molecule has 0 spiro atoms. The van der Waals surface area contributed by atoms with Crippen molar-refractivity contribution in [3.8, 4) is 33.8 Å². The molecule has 0 radical (unpaired) electrons. The van der Waals surface area contributed by atoms with Crippen molar-refractivity contribution in [2.24, 2.45) is 7.05 Å². The monoisotopic (exact) mass is 331 g/mol. The topological polar surface area (TPSA) is 30.7 Å². The fourth-order valence-electron chi connectivity index (χ4n) is 2.42. The highest BCUT2D eigenvalue weighted by molar-refractivity contribution is 6.83. The molecule has 2 aromatic heterocycles. The fourth-order valence-corrected chi connectivity index (χ4v) is 2.93. The average Bonchev–Trinajstić information content (AvgIpc) is 2.95. The Morgan fingerprint density at radius 1 is 0.917 bits per heavy atom. The van der Waals surface area contributed by atoms with Crippen molar-refractivity contribution in [2.45, 2.75) is 19.6 Å². The Morgan fingerprint density at radius 3 is 2.21 bits per heavy atom. The van der Waals surface area contributed by atoms with Gasteiger partial charge in [-0.2, -0.15) is 5.10 Å². The molecule has 0 aliphatic rings. The standard InChI is InChI=1S/C20H21N3Si/c1-23-15-19(17-9-12-21-13-10-17)20(22-23)18-7-5-16(6-8-18)11-14-24(2,3)4/h5-10,12-13,15H,1-4H3. The zero-order valence-corrected chi connectivity index (χ0v) is 15.5. The molecule has 0 N–H and O–H groups in total. The van der Waals surface area contributed by atoms with Crippen molar-refractivity contribution in [3.63, 3.8) is 0 Å². The Kier molecular flexibility index (Phi) is 4.37. The first-order valence-electron chi connectivity index (χ1n) is 8.00. The van der Waals surface area contributed by atoms with Gasteiger partial charge in [0.1, 0.15) is 13.8 Å². The van der Waals surface area contributed by atoms with Gasteiger partial charge in [0.05, 0.1) is 0 Å². The van der Waals surface area contributed by atoms with Crippen LogP contribution in [0.3, 0.4) is 0 Å². The van der Waals surface area contributed by atoms with Crippen molar-refractivity contribution in [3.05, 3.63) is 60.6 Å². The zero-order valence-electron chi connectivity index (χ0n) is 14.5. The quantitative estimate of drug-likeness (QED) is 0.515. The first-order chi connectivity index (χ1) is 11.4. The van der Waals surface area contributed by atoms with Gasteiger partial charge in [0.15, 0.2) is 0 Å². The lowest BCUT2D eigenvalue weighted by atomic mass is 10.0. The van der Waals surface area contributed by atoms with Crippen molar-refractivity contribution < 1.29 is 0 Å². The van der Waals surface area contributed by atoms with Gasteiger partial charge in [-0.25, -0.2) is 0 Å². The molecule has 24 heavy (non-hydrogen) atoms. The minimum atomic E-state index is -1.35. The SMILES string of the molecule is Cn1cc(-c2ccncc2)c(-c2ccc(C#C[Si](C)(C)C)cc2)n1. The van der Waals surface area contributed by atoms with Crippen LogP contribution in [0.15, 0.2) is 55.0 Å². The molecule has 0 unspecified atom stereocenters. The van der Waals surface area contributed by atoms with Crippen LogP contribution in [0.25, 0.3) is 22.4 Å². The summed E-state index contributed by atoms with van der Waals surface area (Å²) in [5.41, 5.74) is 8.77. The molecule has 1 aromatic carbocycles. The second-order valence-corrected chi connectivity index (χ2v) is 11.6. The highest BCUT2D eigenvalue weighted by Crippen LogP contribution is 2.30. The van der Waals surface area contributed by atoms with Gasteiger partial charge in [-0.15, -0.1) is 5.54 Å². The fraction of sp³-hybridized carbons (Fsp3) is 0.200. The van der Waals surface area contributed by atoms with Gasteiger partial charge in [-0.05, 0) is 29.8 Å². The number of nitrogens with zero attached hydrogens (tertiary/aromatic N) is 3. The summed E-state index contributed by atoms with van der Waals surface area (Å²) in [6.07, 6.45) is 5.66. The first-order valence-corrected chi connectivity index (χ1v) is 11.5. The largest absolute Gasteiger partial charge is 0.275 e. The summed E-state index contributed by atoms with van der Waals surface area (Å²) in [7, 11) is 0.596. The van der Waals surface area contributed by atoms with Crippen molar-refractivity contribution in [2.75, 3.05) is 0 Å². The van der Waals surface area contributed by atoms with Crippen LogP contribution in [0.4, 0.5) is 0 Å². The third kappa shape index (κ3) is 3.81. The number of benzene rings is 1. The maximum absolute atomic E-state index is 4.64. The molecule has 2 heterocycles. The first kappa shape index (κ1) is 16.2. The van der Waals surface area contributed by atoms with Crippen LogP contribution >= 0.6 is 0 Å². The van der Waals surface area contributed by atoms with Crippen molar-refractivity contribution in [1.82, 2.24) is 14.8 Å². The summed E-state index contributed by atoms with van der Waals surface area (Å²) < 4.78 is 1.85. The average molecular weight is 331 g/mol. The predicted molar refractivity (Wildman–Crippen MR) is 102 cm³/mol. The molecule has 3 nitrogen and oxygen atoms in total. The molecule has 0 saturated heterocycles. The Morgan fingerprint density at radius 2 is 1.58 bits per heavy atom. The number of hydrogen-bond donors (Lipinski definition) is 0. The lowest BCUT2D eigenvalue weighted by molar-refractivity contribution is 0.771. The third-order valence-electron chi connectivity index (χ3n) is 3.56. The van der Waals surface area contributed by atoms with Gasteiger partial charge < -0.3 is 0 Å². The van der Waals surface area contributed by atoms with Crippen LogP contribution in [0.5, 0.6) is 0 Å². The molecule has 120 valence electrons. The summed E-state index contributed by atoms with van der Waals surface area (Å²) >= 11 is 0. The van der Waals surface area contributed by atoms with E-state index in [1.165, 1.54) is 0 Å². The molecule has 0 bridgehead atoms. The Balaban J connectivity index is 1.97. The molecule has 3 rings (SSSR count). The van der Waals surface area contributed by atoms with Gasteiger partial charge in [-0.3, -0.25) is 9.67 Å². The number of aromatic nitrogens is 3. The Labute approximate surface area is 144 Å². The minimum Gasteiger partial charge on any atom is -0.275 e. The normalized spacial score (nSPS) is 11.0. The molecular formula is C20H21N3Si. The number of aryl methyl sites for hydroxylation is 1. The molecule has 3 aromatic rings. The van der Waals surface area contributed by atoms with E-state index in [2.05, 4.69) is 65.5 Å². The van der Waals surface area contributed by atoms with Gasteiger partial charge in [0.25, 0.3) is 0 Å². The molecule has 0 atom stereocenters. The lowest BCUT2D eigenvalue weighted by Crippen LogP contribution is -2.16. The molecule has 0 aliphatic carbocycles. The van der Waals surface area contributed by atoms with Crippen LogP contribution in [-0.2, 0) is 7.05 Å². The van der Waals surface area contributed by atoms with Gasteiger partial charge in [-0.1, -0.05) is 37.7 Å². The second kappa shape index (κ2) is 6.46. The summed E-state index contributed by atoms with van der Waals surface area (Å²) in [5.74, 6) is 3.29. The van der Waals surface area contributed by atoms with Crippen LogP contribution in [0.1, 0.15) is 5.56 Å². The van der Waals surface area contributed by atoms with Crippen LogP contribution < -0.4 is 0 Å². The van der Waals surface area contributed by atoms with E-state index in [-0.39, 0.29) is 0 Å². The summed E-state index contributed by atoms with van der Waals surface area (Å²) in [5, 5.41) is 4.64. The van der Waals surface area contributed by atoms with E-state index in [0.29, 0.717) is 0 Å². The predicted octanol–water partition coefficient (Wildman–Crippen LogP) is 4.38. The van der Waals surface area contributed by atoms with E-state index < -0.39 is 8.07 Å². The highest BCUT2D eigenvalue weighted by Gasteiger charge is 2.12. The number of pyridine rings is 1. The molecule has 0 fully saturated rings. The van der Waals surface area contributed by atoms with E-state index in [0.717, 1.165) is 27.9 Å². The molecule has 0 amide bonds.